The van der Waals surface area contributed by atoms with Gasteiger partial charge >= 0.3 is 0 Å². The van der Waals surface area contributed by atoms with E-state index >= 15 is 0 Å². The van der Waals surface area contributed by atoms with E-state index in [1.54, 1.807) is 0 Å². The number of halogens is 3. The van der Waals surface area contributed by atoms with Crippen LogP contribution in [0.5, 0.6) is 0 Å². The Morgan fingerprint density at radius 1 is 1.56 bits per heavy atom. The summed E-state index contributed by atoms with van der Waals surface area (Å²) in [6.45, 7) is 3.25. The Hall–Kier alpha value is 0.330. The third-order valence-corrected chi connectivity index (χ3v) is 1.44. The summed E-state index contributed by atoms with van der Waals surface area (Å²) in [5, 5.41) is 0. The number of hydrogen-bond acceptors (Lipinski definition) is 0. The summed E-state index contributed by atoms with van der Waals surface area (Å²) < 4.78 is 25.2. The molecule has 0 aromatic rings. The van der Waals surface area contributed by atoms with Gasteiger partial charge in [0, 0.05) is 17.3 Å². The van der Waals surface area contributed by atoms with E-state index in [4.69, 9.17) is 0 Å². The second-order valence-electron chi connectivity index (χ2n) is 1.79. The molecule has 0 aliphatic rings. The molecule has 0 N–H and O–H groups in total. The summed E-state index contributed by atoms with van der Waals surface area (Å²) in [5.41, 5.74) is 0. The van der Waals surface area contributed by atoms with Crippen molar-refractivity contribution in [2.75, 3.05) is 4.43 Å². The number of hydrogen-bond donors (Lipinski definition) is 0. The van der Waals surface area contributed by atoms with Crippen molar-refractivity contribution in [3.8, 4) is 0 Å². The van der Waals surface area contributed by atoms with Gasteiger partial charge in [-0.3, -0.25) is 0 Å². The maximum atomic E-state index is 12.3. The first-order valence-corrected chi connectivity index (χ1v) is 4.19. The zero-order valence-corrected chi connectivity index (χ0v) is 7.20. The SMILES string of the molecule is C=CCC(F)(F)CCI. The minimum atomic E-state index is -2.52. The third-order valence-electron chi connectivity index (χ3n) is 0.903. The lowest BCUT2D eigenvalue weighted by atomic mass is 10.2. The molecular weight excluding hydrogens is 237 g/mol. The number of alkyl halides is 3. The summed E-state index contributed by atoms with van der Waals surface area (Å²) in [7, 11) is 0. The predicted octanol–water partition coefficient (Wildman–Crippen LogP) is 3.02. The van der Waals surface area contributed by atoms with Gasteiger partial charge < -0.3 is 0 Å². The van der Waals surface area contributed by atoms with Crippen LogP contribution in [0.1, 0.15) is 12.8 Å². The highest BCUT2D eigenvalue weighted by atomic mass is 127. The Morgan fingerprint density at radius 3 is 2.44 bits per heavy atom. The fourth-order valence-corrected chi connectivity index (χ4v) is 1.24. The Labute approximate surface area is 67.5 Å². The van der Waals surface area contributed by atoms with Crippen LogP contribution in [0.4, 0.5) is 8.78 Å². The van der Waals surface area contributed by atoms with E-state index in [2.05, 4.69) is 6.58 Å². The molecule has 0 fully saturated rings. The fraction of sp³-hybridized carbons (Fsp3) is 0.667. The van der Waals surface area contributed by atoms with Gasteiger partial charge in [-0.25, -0.2) is 8.78 Å². The topological polar surface area (TPSA) is 0 Å². The minimum absolute atomic E-state index is 0.0421. The van der Waals surface area contributed by atoms with Gasteiger partial charge in [0.05, 0.1) is 0 Å². The molecule has 9 heavy (non-hydrogen) atoms. The van der Waals surface area contributed by atoms with Crippen LogP contribution in [0.25, 0.3) is 0 Å². The van der Waals surface area contributed by atoms with E-state index in [0.717, 1.165) is 0 Å². The summed E-state index contributed by atoms with van der Waals surface area (Å²) in [4.78, 5) is 0. The highest BCUT2D eigenvalue weighted by molar-refractivity contribution is 14.1. The van der Waals surface area contributed by atoms with Gasteiger partial charge in [0.2, 0.25) is 0 Å². The van der Waals surface area contributed by atoms with Gasteiger partial charge in [0.25, 0.3) is 5.92 Å². The standard InChI is InChI=1S/C6H9F2I/c1-2-3-6(7,8)4-5-9/h2H,1,3-5H2. The first kappa shape index (κ1) is 9.33. The van der Waals surface area contributed by atoms with Crippen molar-refractivity contribution >= 4 is 22.6 Å². The van der Waals surface area contributed by atoms with Gasteiger partial charge in [0.1, 0.15) is 0 Å². The van der Waals surface area contributed by atoms with Crippen molar-refractivity contribution in [1.82, 2.24) is 0 Å². The molecule has 0 heterocycles. The van der Waals surface area contributed by atoms with Crippen LogP contribution < -0.4 is 0 Å². The monoisotopic (exact) mass is 246 g/mol. The van der Waals surface area contributed by atoms with Crippen LogP contribution in [0.15, 0.2) is 12.7 Å². The maximum Gasteiger partial charge on any atom is 0.252 e. The van der Waals surface area contributed by atoms with E-state index in [0.29, 0.717) is 4.43 Å². The zero-order chi connectivity index (χ0) is 7.33. The molecule has 0 aliphatic carbocycles. The Morgan fingerprint density at radius 2 is 2.11 bits per heavy atom. The quantitative estimate of drug-likeness (QED) is 0.406. The highest BCUT2D eigenvalue weighted by Gasteiger charge is 2.25. The van der Waals surface area contributed by atoms with Crippen LogP contribution in [-0.4, -0.2) is 10.4 Å². The molecular formula is C6H9F2I. The van der Waals surface area contributed by atoms with Crippen molar-refractivity contribution < 1.29 is 8.78 Å². The summed E-state index contributed by atoms with van der Waals surface area (Å²) >= 11 is 1.94. The summed E-state index contributed by atoms with van der Waals surface area (Å²) in [6.07, 6.45) is 1.02. The average Bonchev–Trinajstić information content (AvgIpc) is 1.64. The molecule has 0 amide bonds. The van der Waals surface area contributed by atoms with Crippen LogP contribution in [-0.2, 0) is 0 Å². The van der Waals surface area contributed by atoms with Gasteiger partial charge in [-0.05, 0) is 0 Å². The normalized spacial score (nSPS) is 11.4. The van der Waals surface area contributed by atoms with Gasteiger partial charge in [-0.2, -0.15) is 0 Å². The first-order valence-electron chi connectivity index (χ1n) is 2.67. The Kier molecular flexibility index (Phi) is 4.35. The highest BCUT2D eigenvalue weighted by Crippen LogP contribution is 2.23. The molecule has 0 saturated carbocycles. The second-order valence-corrected chi connectivity index (χ2v) is 2.87. The van der Waals surface area contributed by atoms with E-state index in [9.17, 15) is 8.78 Å². The molecule has 54 valence electrons. The van der Waals surface area contributed by atoms with Crippen LogP contribution in [0.3, 0.4) is 0 Å². The molecule has 0 atom stereocenters. The third kappa shape index (κ3) is 4.81. The minimum Gasteiger partial charge on any atom is -0.207 e. The van der Waals surface area contributed by atoms with Crippen molar-refractivity contribution in [1.29, 1.82) is 0 Å². The number of allylic oxidation sites excluding steroid dienone is 1. The smallest absolute Gasteiger partial charge is 0.207 e. The molecule has 0 nitrogen and oxygen atoms in total. The maximum absolute atomic E-state index is 12.3. The van der Waals surface area contributed by atoms with E-state index in [-0.39, 0.29) is 12.8 Å². The van der Waals surface area contributed by atoms with Crippen LogP contribution in [0, 0.1) is 0 Å². The van der Waals surface area contributed by atoms with Gasteiger partial charge in [0.15, 0.2) is 0 Å². The van der Waals surface area contributed by atoms with E-state index in [1.807, 2.05) is 22.6 Å². The van der Waals surface area contributed by atoms with Crippen LogP contribution in [0.2, 0.25) is 0 Å². The Bertz CT molecular complexity index is 91.1. The fourth-order valence-electron chi connectivity index (χ4n) is 0.451. The second kappa shape index (κ2) is 4.19. The zero-order valence-electron chi connectivity index (χ0n) is 5.04. The van der Waals surface area contributed by atoms with Crippen molar-refractivity contribution in [3.05, 3.63) is 12.7 Å². The molecule has 0 aromatic heterocycles. The lowest BCUT2D eigenvalue weighted by Crippen LogP contribution is -2.14. The molecule has 0 rings (SSSR count). The molecule has 0 aromatic carbocycles. The summed E-state index contributed by atoms with van der Waals surface area (Å²) in [5.74, 6) is -2.52. The van der Waals surface area contributed by atoms with E-state index in [1.165, 1.54) is 6.08 Å². The largest absolute Gasteiger partial charge is 0.252 e. The first-order chi connectivity index (χ1) is 4.12. The molecule has 0 aliphatic heterocycles. The molecule has 0 saturated heterocycles. The van der Waals surface area contributed by atoms with E-state index < -0.39 is 5.92 Å². The van der Waals surface area contributed by atoms with Crippen molar-refractivity contribution in [2.45, 2.75) is 18.8 Å². The van der Waals surface area contributed by atoms with Crippen molar-refractivity contribution in [3.63, 3.8) is 0 Å². The average molecular weight is 246 g/mol. The van der Waals surface area contributed by atoms with Crippen LogP contribution >= 0.6 is 22.6 Å². The lowest BCUT2D eigenvalue weighted by molar-refractivity contribution is 0.00258. The Balaban J connectivity index is 3.55. The molecule has 0 radical (unpaired) electrons. The lowest BCUT2D eigenvalue weighted by Gasteiger charge is -2.10. The van der Waals surface area contributed by atoms with Gasteiger partial charge in [-0.15, -0.1) is 6.58 Å². The molecule has 3 heteroatoms. The molecule has 0 unspecified atom stereocenters. The number of rotatable bonds is 4. The molecule has 0 bridgehead atoms. The van der Waals surface area contributed by atoms with Crippen molar-refractivity contribution in [2.24, 2.45) is 0 Å². The van der Waals surface area contributed by atoms with Gasteiger partial charge in [-0.1, -0.05) is 28.7 Å². The molecule has 0 spiro atoms. The summed E-state index contributed by atoms with van der Waals surface area (Å²) in [6, 6.07) is 0. The predicted molar refractivity (Wildman–Crippen MR) is 43.3 cm³/mol.